The van der Waals surface area contributed by atoms with Gasteiger partial charge in [0.25, 0.3) is 0 Å². The molecule has 0 N–H and O–H groups in total. The lowest BCUT2D eigenvalue weighted by molar-refractivity contribution is -0.00530. The molecule has 1 aromatic heterocycles. The monoisotopic (exact) mass is 754 g/mol. The molecular formula is C54H50N4. The lowest BCUT2D eigenvalue weighted by Gasteiger charge is -2.57. The van der Waals surface area contributed by atoms with E-state index in [0.29, 0.717) is 33.9 Å². The summed E-state index contributed by atoms with van der Waals surface area (Å²) in [4.78, 5) is 15.5. The van der Waals surface area contributed by atoms with E-state index in [4.69, 9.17) is 15.0 Å². The zero-order valence-electron chi connectivity index (χ0n) is 33.3. The molecule has 4 heteroatoms. The van der Waals surface area contributed by atoms with E-state index in [0.717, 1.165) is 68.9 Å². The van der Waals surface area contributed by atoms with Crippen molar-refractivity contribution in [3.63, 3.8) is 0 Å². The number of hydrogen-bond donors (Lipinski definition) is 0. The van der Waals surface area contributed by atoms with Gasteiger partial charge in [-0.1, -0.05) is 103 Å². The van der Waals surface area contributed by atoms with Crippen LogP contribution in [0.2, 0.25) is 0 Å². The minimum atomic E-state index is 0.349. The van der Waals surface area contributed by atoms with E-state index < -0.39 is 0 Å². The van der Waals surface area contributed by atoms with Gasteiger partial charge in [-0.15, -0.1) is 0 Å². The van der Waals surface area contributed by atoms with Crippen molar-refractivity contribution in [2.45, 2.75) is 87.9 Å². The molecule has 5 aromatic carbocycles. The highest BCUT2D eigenvalue weighted by Crippen LogP contribution is 2.62. The van der Waals surface area contributed by atoms with E-state index in [9.17, 15) is 5.26 Å². The van der Waals surface area contributed by atoms with Crippen molar-refractivity contribution in [1.29, 1.82) is 5.26 Å². The van der Waals surface area contributed by atoms with Gasteiger partial charge in [0.05, 0.1) is 11.6 Å². The van der Waals surface area contributed by atoms with Crippen LogP contribution >= 0.6 is 0 Å². The molecule has 1 heterocycles. The Morgan fingerprint density at radius 1 is 0.397 bits per heavy atom. The average Bonchev–Trinajstić information content (AvgIpc) is 3.25. The van der Waals surface area contributed by atoms with Crippen molar-refractivity contribution in [2.24, 2.45) is 35.5 Å². The standard InChI is InChI=1S/C54H50N4/c55-33-34-5-4-8-44(25-34)48-18-13-45(26-49(48)41-9-14-46(15-10-41)53-27-35-19-36(28-53)21-37(20-35)29-53)52-57-50(42-6-2-1-3-7-42)56-51(58-52)43-11-16-47(17-12-43)54-30-38-22-39(31-54)24-40(23-38)32-54/h1-18,25-26,35-40H,19-24,27-32H2. The topological polar surface area (TPSA) is 62.5 Å². The summed E-state index contributed by atoms with van der Waals surface area (Å²) in [5, 5.41) is 9.83. The Morgan fingerprint density at radius 2 is 0.828 bits per heavy atom. The molecule has 14 rings (SSSR count). The van der Waals surface area contributed by atoms with Gasteiger partial charge in [-0.05, 0) is 175 Å². The van der Waals surface area contributed by atoms with Crippen molar-refractivity contribution < 1.29 is 0 Å². The number of benzene rings is 5. The smallest absolute Gasteiger partial charge is 0.164 e. The molecule has 8 saturated carbocycles. The fourth-order valence-electron chi connectivity index (χ4n) is 14.2. The second-order valence-electron chi connectivity index (χ2n) is 19.7. The molecule has 0 aliphatic heterocycles. The quantitative estimate of drug-likeness (QED) is 0.163. The van der Waals surface area contributed by atoms with Crippen LogP contribution in [0, 0.1) is 46.8 Å². The first-order valence-electron chi connectivity index (χ1n) is 22.1. The van der Waals surface area contributed by atoms with Gasteiger partial charge in [-0.3, -0.25) is 0 Å². The Balaban J connectivity index is 0.947. The van der Waals surface area contributed by atoms with Gasteiger partial charge >= 0.3 is 0 Å². The van der Waals surface area contributed by atoms with Gasteiger partial charge in [-0.25, -0.2) is 15.0 Å². The van der Waals surface area contributed by atoms with Gasteiger partial charge in [0.2, 0.25) is 0 Å². The minimum Gasteiger partial charge on any atom is -0.208 e. The van der Waals surface area contributed by atoms with Crippen molar-refractivity contribution in [1.82, 2.24) is 15.0 Å². The lowest BCUT2D eigenvalue weighted by atomic mass is 9.48. The fourth-order valence-corrected chi connectivity index (χ4v) is 14.2. The van der Waals surface area contributed by atoms with E-state index in [-0.39, 0.29) is 0 Å². The SMILES string of the molecule is N#Cc1cccc(-c2ccc(-c3nc(-c4ccccc4)nc(-c4ccc(C56CC7CC(CC(C7)C5)C6)cc4)n3)cc2-c2ccc(C34CC5CC(CC(C5)C3)C4)cc2)c1. The van der Waals surface area contributed by atoms with E-state index >= 15 is 0 Å². The lowest BCUT2D eigenvalue weighted by Crippen LogP contribution is -2.48. The molecular weight excluding hydrogens is 705 g/mol. The van der Waals surface area contributed by atoms with E-state index in [2.05, 4.69) is 91.0 Å². The summed E-state index contributed by atoms with van der Waals surface area (Å²) in [5.74, 6) is 7.51. The number of aromatic nitrogens is 3. The molecule has 0 atom stereocenters. The third-order valence-electron chi connectivity index (χ3n) is 15.9. The van der Waals surface area contributed by atoms with Gasteiger partial charge in [0.15, 0.2) is 17.5 Å². The Labute approximate surface area is 342 Å². The van der Waals surface area contributed by atoms with Crippen LogP contribution in [-0.4, -0.2) is 15.0 Å². The molecule has 8 aliphatic carbocycles. The van der Waals surface area contributed by atoms with Gasteiger partial charge < -0.3 is 0 Å². The molecule has 0 spiro atoms. The second kappa shape index (κ2) is 13.3. The first-order chi connectivity index (χ1) is 28.5. The van der Waals surface area contributed by atoms with Crippen LogP contribution in [0.15, 0.2) is 121 Å². The van der Waals surface area contributed by atoms with E-state index in [1.165, 1.54) is 93.7 Å². The summed E-state index contributed by atoms with van der Waals surface area (Å²) in [7, 11) is 0. The van der Waals surface area contributed by atoms with Crippen LogP contribution in [0.5, 0.6) is 0 Å². The van der Waals surface area contributed by atoms with Gasteiger partial charge in [0, 0.05) is 16.7 Å². The largest absolute Gasteiger partial charge is 0.208 e. The van der Waals surface area contributed by atoms with Gasteiger partial charge in [0.1, 0.15) is 0 Å². The highest BCUT2D eigenvalue weighted by molar-refractivity contribution is 5.87. The molecule has 4 nitrogen and oxygen atoms in total. The summed E-state index contributed by atoms with van der Waals surface area (Å²) in [6.07, 6.45) is 16.9. The highest BCUT2D eigenvalue weighted by Gasteiger charge is 2.52. The average molecular weight is 755 g/mol. The van der Waals surface area contributed by atoms with Crippen molar-refractivity contribution in [3.05, 3.63) is 138 Å². The van der Waals surface area contributed by atoms with Crippen LogP contribution in [-0.2, 0) is 10.8 Å². The molecule has 8 aliphatic rings. The Kier molecular flexibility index (Phi) is 7.95. The predicted molar refractivity (Wildman–Crippen MR) is 231 cm³/mol. The molecule has 6 aromatic rings. The van der Waals surface area contributed by atoms with E-state index in [1.807, 2.05) is 36.4 Å². The van der Waals surface area contributed by atoms with Crippen molar-refractivity contribution in [2.75, 3.05) is 0 Å². The van der Waals surface area contributed by atoms with Crippen LogP contribution in [0.1, 0.15) is 93.7 Å². The zero-order valence-corrected chi connectivity index (χ0v) is 33.3. The molecule has 0 radical (unpaired) electrons. The summed E-state index contributed by atoms with van der Waals surface area (Å²) < 4.78 is 0. The van der Waals surface area contributed by atoms with Crippen molar-refractivity contribution in [3.8, 4) is 62.5 Å². The molecule has 8 fully saturated rings. The first-order valence-corrected chi connectivity index (χ1v) is 22.1. The number of rotatable bonds is 7. The molecule has 58 heavy (non-hydrogen) atoms. The molecule has 286 valence electrons. The number of nitrogens with zero attached hydrogens (tertiary/aromatic N) is 4. The maximum absolute atomic E-state index is 9.83. The Hall–Kier alpha value is -5.40. The maximum atomic E-state index is 9.83. The van der Waals surface area contributed by atoms with Gasteiger partial charge in [-0.2, -0.15) is 5.26 Å². The fraction of sp³-hybridized carbons (Fsp3) is 0.370. The molecule has 8 bridgehead atoms. The highest BCUT2D eigenvalue weighted by atomic mass is 15.0. The summed E-state index contributed by atoms with van der Waals surface area (Å²) in [5.41, 5.74) is 11.8. The first kappa shape index (κ1) is 34.6. The van der Waals surface area contributed by atoms with E-state index in [1.54, 1.807) is 0 Å². The molecule has 0 unspecified atom stereocenters. The minimum absolute atomic E-state index is 0.349. The Morgan fingerprint density at radius 3 is 1.33 bits per heavy atom. The number of hydrogen-bond acceptors (Lipinski definition) is 4. The summed E-state index contributed by atoms with van der Waals surface area (Å²) in [6.45, 7) is 0. The summed E-state index contributed by atoms with van der Waals surface area (Å²) >= 11 is 0. The zero-order chi connectivity index (χ0) is 38.4. The third kappa shape index (κ3) is 5.87. The second-order valence-corrected chi connectivity index (χ2v) is 19.7. The van der Waals surface area contributed by atoms with Crippen LogP contribution in [0.4, 0.5) is 0 Å². The van der Waals surface area contributed by atoms with Crippen LogP contribution in [0.3, 0.4) is 0 Å². The molecule has 0 saturated heterocycles. The molecule has 0 amide bonds. The summed E-state index contributed by atoms with van der Waals surface area (Å²) in [6, 6.07) is 46.1. The Bertz CT molecular complexity index is 2510. The van der Waals surface area contributed by atoms with Crippen LogP contribution in [0.25, 0.3) is 56.4 Å². The third-order valence-corrected chi connectivity index (χ3v) is 15.9. The van der Waals surface area contributed by atoms with Crippen molar-refractivity contribution >= 4 is 0 Å². The normalized spacial score (nSPS) is 30.1. The number of nitriles is 1. The maximum Gasteiger partial charge on any atom is 0.164 e. The predicted octanol–water partition coefficient (Wildman–Crippen LogP) is 13.0. The van der Waals surface area contributed by atoms with Crippen LogP contribution < -0.4 is 0 Å².